The highest BCUT2D eigenvalue weighted by Gasteiger charge is 1.60. The fourth-order valence-electron chi connectivity index (χ4n) is 0.180. The molecule has 0 amide bonds. The Morgan fingerprint density at radius 1 is 1.60 bits per heavy atom. The van der Waals surface area contributed by atoms with E-state index in [2.05, 4.69) is 23.3 Å². The van der Waals surface area contributed by atoms with Gasteiger partial charge >= 0.3 is 0 Å². The topological polar surface area (TPSA) is 15.8 Å². The number of H-pyrrole nitrogens is 1. The fourth-order valence-corrected chi connectivity index (χ4v) is 0.180. The quantitative estimate of drug-likeness (QED) is 0.450. The van der Waals surface area contributed by atoms with E-state index in [1.807, 2.05) is 0 Å². The molecule has 0 aromatic carbocycles. The van der Waals surface area contributed by atoms with Gasteiger partial charge in [0.1, 0.15) is 0 Å². The van der Waals surface area contributed by atoms with E-state index in [9.17, 15) is 0 Å². The van der Waals surface area contributed by atoms with Crippen LogP contribution < -0.4 is 0 Å². The van der Waals surface area contributed by atoms with Crippen LogP contribution in [0.4, 0.5) is 0 Å². The second-order valence-corrected chi connectivity index (χ2v) is 0.683. The Morgan fingerprint density at radius 2 is 2.60 bits per heavy atom. The van der Waals surface area contributed by atoms with Crippen molar-refractivity contribution in [3.8, 4) is 0 Å². The fraction of sp³-hybridized carbons (Fsp3) is 0. The van der Waals surface area contributed by atoms with Gasteiger partial charge in [-0.15, -0.1) is 0 Å². The molecule has 23 valence electrons. The van der Waals surface area contributed by atoms with E-state index in [0.29, 0.717) is 0 Å². The molecule has 1 heterocycles. The normalized spacial score (nSPS) is 8.00. The van der Waals surface area contributed by atoms with Crippen molar-refractivity contribution >= 4 is 0 Å². The van der Waals surface area contributed by atoms with Crippen molar-refractivity contribution in [2.75, 3.05) is 0 Å². The van der Waals surface area contributed by atoms with Gasteiger partial charge < -0.3 is 4.98 Å². The highest BCUT2D eigenvalue weighted by atomic mass is 14.6. The van der Waals surface area contributed by atoms with E-state index >= 15 is 0 Å². The number of aromatic nitrogens is 1. The Hall–Kier alpha value is -0.720. The summed E-state index contributed by atoms with van der Waals surface area (Å²) < 4.78 is 0. The molecule has 0 aliphatic heterocycles. The largest absolute Gasteiger partial charge is 0.359 e. The van der Waals surface area contributed by atoms with Crippen LogP contribution in [0.1, 0.15) is 0 Å². The van der Waals surface area contributed by atoms with Gasteiger partial charge in [0.25, 0.3) is 0 Å². The molecule has 0 bridgehead atoms. The predicted octanol–water partition coefficient (Wildman–Crippen LogP) is 0.415. The lowest BCUT2D eigenvalue weighted by molar-refractivity contribution is 1.39. The van der Waals surface area contributed by atoms with Gasteiger partial charge in [-0.1, -0.05) is 0 Å². The maximum atomic E-state index is 2.62. The van der Waals surface area contributed by atoms with Crippen molar-refractivity contribution in [2.24, 2.45) is 0 Å². The molecule has 5 heavy (non-hydrogen) atoms. The maximum absolute atomic E-state index is 2.62. The van der Waals surface area contributed by atoms with Gasteiger partial charge in [0.05, 0.1) is 6.20 Å². The van der Waals surface area contributed by atoms with Gasteiger partial charge in [-0.25, -0.2) is 0 Å². The van der Waals surface area contributed by atoms with Crippen LogP contribution in [0.2, 0.25) is 0 Å². The third kappa shape index (κ3) is 0.293. The van der Waals surface area contributed by atoms with Crippen LogP contribution in [0, 0.1) is 18.3 Å². The van der Waals surface area contributed by atoms with Crippen molar-refractivity contribution in [3.63, 3.8) is 0 Å². The Labute approximate surface area is 30.6 Å². The minimum absolute atomic E-state index is 1.64. The summed E-state index contributed by atoms with van der Waals surface area (Å²) in [6.45, 7) is 0. The standard InChI is InChI=1S/C4H2N/c1-2-4-5-3-1/h3,5H. The van der Waals surface area contributed by atoms with Crippen LogP contribution in [0.15, 0.2) is 6.20 Å². The Kier molecular flexibility index (Phi) is 0.468. The summed E-state index contributed by atoms with van der Waals surface area (Å²) in [5.74, 6) is 0. The average molecular weight is 64.1 g/mol. The van der Waals surface area contributed by atoms with Crippen molar-refractivity contribution in [3.05, 3.63) is 24.5 Å². The molecule has 0 saturated heterocycles. The third-order valence-corrected chi connectivity index (χ3v) is 0.351. The maximum Gasteiger partial charge on any atom is 0.0713 e. The first-order valence-corrected chi connectivity index (χ1v) is 1.33. The summed E-state index contributed by atoms with van der Waals surface area (Å²) in [5, 5.41) is 0. The summed E-state index contributed by atoms with van der Waals surface area (Å²) in [4.78, 5) is 2.62. The molecule has 3 radical (unpaired) electrons. The van der Waals surface area contributed by atoms with Crippen LogP contribution >= 0.6 is 0 Å². The zero-order valence-electron chi connectivity index (χ0n) is 2.58. The molecule has 1 rings (SSSR count). The van der Waals surface area contributed by atoms with E-state index in [1.165, 1.54) is 0 Å². The molecule has 0 fully saturated rings. The van der Waals surface area contributed by atoms with Gasteiger partial charge in [-0.2, -0.15) is 0 Å². The Bertz CT molecular complexity index is 60.1. The molecule has 1 N–H and O–H groups in total. The SMILES string of the molecule is [c]1[c]c[nH][c]1. The van der Waals surface area contributed by atoms with E-state index in [4.69, 9.17) is 0 Å². The molecule has 1 heteroatoms. The van der Waals surface area contributed by atoms with Crippen LogP contribution in [-0.2, 0) is 0 Å². The highest BCUT2D eigenvalue weighted by molar-refractivity contribution is 4.77. The van der Waals surface area contributed by atoms with Gasteiger partial charge in [-0.3, -0.25) is 0 Å². The van der Waals surface area contributed by atoms with Gasteiger partial charge in [0, 0.05) is 18.3 Å². The molecule has 0 unspecified atom stereocenters. The van der Waals surface area contributed by atoms with Crippen LogP contribution in [0.25, 0.3) is 0 Å². The minimum atomic E-state index is 1.64. The Balaban J connectivity index is 3.13. The number of hydrogen-bond donors (Lipinski definition) is 1. The number of aromatic amines is 1. The minimum Gasteiger partial charge on any atom is -0.359 e. The molecular weight excluding hydrogens is 62.1 g/mol. The lowest BCUT2D eigenvalue weighted by atomic mass is 10.7. The monoisotopic (exact) mass is 64.0 g/mol. The second kappa shape index (κ2) is 0.931. The summed E-state index contributed by atoms with van der Waals surface area (Å²) >= 11 is 0. The first kappa shape index (κ1) is 2.51. The predicted molar refractivity (Wildman–Crippen MR) is 17.3 cm³/mol. The first-order valence-electron chi connectivity index (χ1n) is 1.33. The summed E-state index contributed by atoms with van der Waals surface area (Å²) in [6.07, 6.45) is 4.19. The summed E-state index contributed by atoms with van der Waals surface area (Å²) in [5.41, 5.74) is 0. The lowest BCUT2D eigenvalue weighted by Gasteiger charge is -1.46. The van der Waals surface area contributed by atoms with E-state index < -0.39 is 0 Å². The number of hydrogen-bond acceptors (Lipinski definition) is 0. The molecule has 0 aliphatic carbocycles. The van der Waals surface area contributed by atoms with Crippen LogP contribution in [0.3, 0.4) is 0 Å². The second-order valence-electron chi connectivity index (χ2n) is 0.683. The molecule has 1 nitrogen and oxygen atoms in total. The summed E-state index contributed by atoms with van der Waals surface area (Å²) in [6, 6.07) is 5.18. The number of rotatable bonds is 0. The van der Waals surface area contributed by atoms with Gasteiger partial charge in [0.2, 0.25) is 0 Å². The van der Waals surface area contributed by atoms with Crippen molar-refractivity contribution in [1.29, 1.82) is 0 Å². The molecule has 0 atom stereocenters. The lowest BCUT2D eigenvalue weighted by Crippen LogP contribution is -1.40. The average Bonchev–Trinajstić information content (AvgIpc) is 1.76. The number of nitrogens with one attached hydrogen (secondary N) is 1. The molecule has 0 spiro atoms. The Morgan fingerprint density at radius 3 is 2.80 bits per heavy atom. The zero-order chi connectivity index (χ0) is 3.54. The molecule has 0 aliphatic rings. The summed E-state index contributed by atoms with van der Waals surface area (Å²) in [7, 11) is 0. The molecule has 1 aromatic rings. The van der Waals surface area contributed by atoms with Crippen LogP contribution in [0.5, 0.6) is 0 Å². The van der Waals surface area contributed by atoms with Crippen LogP contribution in [-0.4, -0.2) is 4.98 Å². The van der Waals surface area contributed by atoms with Crippen molar-refractivity contribution in [2.45, 2.75) is 0 Å². The smallest absolute Gasteiger partial charge is 0.0713 e. The zero-order valence-corrected chi connectivity index (χ0v) is 2.58. The van der Waals surface area contributed by atoms with Crippen molar-refractivity contribution in [1.82, 2.24) is 4.98 Å². The van der Waals surface area contributed by atoms with E-state index in [0.717, 1.165) is 0 Å². The third-order valence-electron chi connectivity index (χ3n) is 0.351. The first-order chi connectivity index (χ1) is 2.50. The molecular formula is C4H2N. The highest BCUT2D eigenvalue weighted by Crippen LogP contribution is 1.67. The molecule has 0 saturated carbocycles. The van der Waals surface area contributed by atoms with E-state index in [1.54, 1.807) is 6.20 Å². The molecule has 1 aromatic heterocycles. The van der Waals surface area contributed by atoms with E-state index in [-0.39, 0.29) is 0 Å². The van der Waals surface area contributed by atoms with Gasteiger partial charge in [-0.05, 0) is 0 Å². The van der Waals surface area contributed by atoms with Gasteiger partial charge in [0.15, 0.2) is 0 Å². The van der Waals surface area contributed by atoms with Crippen molar-refractivity contribution < 1.29 is 0 Å².